The number of ether oxygens (including phenoxy) is 1. The lowest BCUT2D eigenvalue weighted by molar-refractivity contribution is 0.0661. The Kier molecular flexibility index (Phi) is 6.31. The molecule has 1 aliphatic heterocycles. The molecule has 2 fully saturated rings. The number of rotatable bonds is 5. The van der Waals surface area contributed by atoms with Crippen molar-refractivity contribution >= 4 is 18.3 Å². The van der Waals surface area contributed by atoms with Gasteiger partial charge in [-0.25, -0.2) is 0 Å². The van der Waals surface area contributed by atoms with Crippen LogP contribution in [0.3, 0.4) is 0 Å². The van der Waals surface area contributed by atoms with Gasteiger partial charge in [0.1, 0.15) is 5.75 Å². The molecule has 1 saturated heterocycles. The number of carbonyl (C=O) groups excluding carboxylic acids is 1. The van der Waals surface area contributed by atoms with E-state index in [1.54, 1.807) is 0 Å². The van der Waals surface area contributed by atoms with Gasteiger partial charge in [0.15, 0.2) is 0 Å². The molecular formula is C18H27ClN2O2. The zero-order chi connectivity index (χ0) is 15.5. The maximum absolute atomic E-state index is 12.6. The first-order chi connectivity index (χ1) is 10.6. The van der Waals surface area contributed by atoms with E-state index in [-0.39, 0.29) is 24.4 Å². The highest BCUT2D eigenvalue weighted by atomic mass is 35.5. The van der Waals surface area contributed by atoms with Gasteiger partial charge >= 0.3 is 0 Å². The lowest BCUT2D eigenvalue weighted by atomic mass is 9.92. The minimum absolute atomic E-state index is 0. The van der Waals surface area contributed by atoms with Crippen molar-refractivity contribution in [3.05, 3.63) is 29.8 Å². The maximum Gasteiger partial charge on any atom is 0.253 e. The molecule has 128 valence electrons. The SMILES string of the molecule is CC(N)C1CCCN(C(=O)c2ccc(OCC3CC3)cc2)C1.Cl. The average Bonchev–Trinajstić information content (AvgIpc) is 3.37. The van der Waals surface area contributed by atoms with E-state index in [2.05, 4.69) is 0 Å². The number of hydrogen-bond donors (Lipinski definition) is 1. The molecule has 2 atom stereocenters. The predicted molar refractivity (Wildman–Crippen MR) is 94.2 cm³/mol. The van der Waals surface area contributed by atoms with Gasteiger partial charge in [-0.1, -0.05) is 0 Å². The van der Waals surface area contributed by atoms with Crippen LogP contribution >= 0.6 is 12.4 Å². The van der Waals surface area contributed by atoms with Crippen molar-refractivity contribution in [1.82, 2.24) is 4.90 Å². The number of benzene rings is 1. The summed E-state index contributed by atoms with van der Waals surface area (Å²) < 4.78 is 5.72. The Bertz CT molecular complexity index is 514. The number of nitrogens with zero attached hydrogens (tertiary/aromatic N) is 1. The molecule has 3 rings (SSSR count). The fourth-order valence-electron chi connectivity index (χ4n) is 3.00. The molecule has 4 nitrogen and oxygen atoms in total. The van der Waals surface area contributed by atoms with Crippen LogP contribution in [0.15, 0.2) is 24.3 Å². The quantitative estimate of drug-likeness (QED) is 0.897. The molecule has 2 aliphatic rings. The Morgan fingerprint density at radius 1 is 1.30 bits per heavy atom. The number of nitrogens with two attached hydrogens (primary N) is 1. The minimum Gasteiger partial charge on any atom is -0.493 e. The number of amides is 1. The molecule has 1 aromatic carbocycles. The maximum atomic E-state index is 12.6. The number of carbonyl (C=O) groups is 1. The van der Waals surface area contributed by atoms with E-state index < -0.39 is 0 Å². The van der Waals surface area contributed by atoms with Crippen LogP contribution in [-0.2, 0) is 0 Å². The van der Waals surface area contributed by atoms with E-state index in [1.165, 1.54) is 12.8 Å². The third kappa shape index (κ3) is 4.85. The molecule has 5 heteroatoms. The highest BCUT2D eigenvalue weighted by molar-refractivity contribution is 5.94. The van der Waals surface area contributed by atoms with Gasteiger partial charge in [0.25, 0.3) is 5.91 Å². The second-order valence-corrected chi connectivity index (χ2v) is 6.79. The van der Waals surface area contributed by atoms with Crippen LogP contribution < -0.4 is 10.5 Å². The van der Waals surface area contributed by atoms with Crippen molar-refractivity contribution in [1.29, 1.82) is 0 Å². The Hall–Kier alpha value is -1.26. The van der Waals surface area contributed by atoms with Gasteiger partial charge in [-0.05, 0) is 68.7 Å². The van der Waals surface area contributed by atoms with Crippen molar-refractivity contribution in [2.24, 2.45) is 17.6 Å². The zero-order valence-electron chi connectivity index (χ0n) is 13.7. The van der Waals surface area contributed by atoms with Gasteiger partial charge in [0, 0.05) is 24.7 Å². The molecule has 23 heavy (non-hydrogen) atoms. The fourth-order valence-corrected chi connectivity index (χ4v) is 3.00. The summed E-state index contributed by atoms with van der Waals surface area (Å²) in [7, 11) is 0. The average molecular weight is 339 g/mol. The van der Waals surface area contributed by atoms with E-state index in [1.807, 2.05) is 36.1 Å². The van der Waals surface area contributed by atoms with E-state index in [0.717, 1.165) is 49.8 Å². The lowest BCUT2D eigenvalue weighted by Crippen LogP contribution is -2.45. The lowest BCUT2D eigenvalue weighted by Gasteiger charge is -2.34. The predicted octanol–water partition coefficient (Wildman–Crippen LogP) is 3.10. The van der Waals surface area contributed by atoms with Crippen LogP contribution in [0, 0.1) is 11.8 Å². The summed E-state index contributed by atoms with van der Waals surface area (Å²) in [5, 5.41) is 0. The van der Waals surface area contributed by atoms with Crippen LogP contribution in [0.1, 0.15) is 43.0 Å². The minimum atomic E-state index is 0. The Morgan fingerprint density at radius 3 is 2.61 bits per heavy atom. The van der Waals surface area contributed by atoms with Gasteiger partial charge in [-0.3, -0.25) is 4.79 Å². The smallest absolute Gasteiger partial charge is 0.253 e. The molecule has 1 aromatic rings. The first kappa shape index (κ1) is 18.1. The Morgan fingerprint density at radius 2 is 2.00 bits per heavy atom. The highest BCUT2D eigenvalue weighted by Crippen LogP contribution is 2.29. The topological polar surface area (TPSA) is 55.6 Å². The molecular weight excluding hydrogens is 312 g/mol. The monoisotopic (exact) mass is 338 g/mol. The fraction of sp³-hybridized carbons (Fsp3) is 0.611. The second-order valence-electron chi connectivity index (χ2n) is 6.79. The van der Waals surface area contributed by atoms with Gasteiger partial charge in [0.2, 0.25) is 0 Å². The number of piperidine rings is 1. The van der Waals surface area contributed by atoms with E-state index in [0.29, 0.717) is 5.92 Å². The summed E-state index contributed by atoms with van der Waals surface area (Å²) >= 11 is 0. The van der Waals surface area contributed by atoms with E-state index >= 15 is 0 Å². The summed E-state index contributed by atoms with van der Waals surface area (Å²) in [6, 6.07) is 7.71. The summed E-state index contributed by atoms with van der Waals surface area (Å²) in [6.45, 7) is 4.44. The van der Waals surface area contributed by atoms with Crippen LogP contribution in [0.4, 0.5) is 0 Å². The van der Waals surface area contributed by atoms with Gasteiger partial charge in [-0.2, -0.15) is 0 Å². The molecule has 1 saturated carbocycles. The van der Waals surface area contributed by atoms with Crippen molar-refractivity contribution in [3.8, 4) is 5.75 Å². The first-order valence-corrected chi connectivity index (χ1v) is 8.41. The van der Waals surface area contributed by atoms with Crippen LogP contribution in [-0.4, -0.2) is 36.5 Å². The molecule has 1 amide bonds. The molecule has 0 bridgehead atoms. The molecule has 2 unspecified atom stereocenters. The second kappa shape index (κ2) is 8.02. The highest BCUT2D eigenvalue weighted by Gasteiger charge is 2.26. The van der Waals surface area contributed by atoms with Crippen molar-refractivity contribution in [2.75, 3.05) is 19.7 Å². The summed E-state index contributed by atoms with van der Waals surface area (Å²) in [6.07, 6.45) is 4.73. The Balaban J connectivity index is 0.00000192. The van der Waals surface area contributed by atoms with Gasteiger partial charge < -0.3 is 15.4 Å². The van der Waals surface area contributed by atoms with Crippen molar-refractivity contribution in [3.63, 3.8) is 0 Å². The third-order valence-corrected chi connectivity index (χ3v) is 4.77. The first-order valence-electron chi connectivity index (χ1n) is 8.41. The number of halogens is 1. The molecule has 0 spiro atoms. The summed E-state index contributed by atoms with van der Waals surface area (Å²) in [5.41, 5.74) is 6.74. The van der Waals surface area contributed by atoms with E-state index in [9.17, 15) is 4.79 Å². The number of likely N-dealkylation sites (tertiary alicyclic amines) is 1. The van der Waals surface area contributed by atoms with Crippen molar-refractivity contribution in [2.45, 2.75) is 38.6 Å². The summed E-state index contributed by atoms with van der Waals surface area (Å²) in [4.78, 5) is 14.5. The molecule has 2 N–H and O–H groups in total. The van der Waals surface area contributed by atoms with Crippen LogP contribution in [0.25, 0.3) is 0 Å². The zero-order valence-corrected chi connectivity index (χ0v) is 14.6. The molecule has 1 heterocycles. The third-order valence-electron chi connectivity index (χ3n) is 4.77. The normalized spacial score (nSPS) is 22.2. The molecule has 0 aromatic heterocycles. The number of hydrogen-bond acceptors (Lipinski definition) is 3. The standard InChI is InChI=1S/C18H26N2O2.ClH/c1-13(19)16-3-2-10-20(11-16)18(21)15-6-8-17(9-7-15)22-12-14-4-5-14;/h6-9,13-14,16H,2-5,10-12,19H2,1H3;1H. The largest absolute Gasteiger partial charge is 0.493 e. The van der Waals surface area contributed by atoms with Crippen LogP contribution in [0.2, 0.25) is 0 Å². The summed E-state index contributed by atoms with van der Waals surface area (Å²) in [5.74, 6) is 2.12. The molecule has 1 aliphatic carbocycles. The molecule has 0 radical (unpaired) electrons. The van der Waals surface area contributed by atoms with Gasteiger partial charge in [-0.15, -0.1) is 12.4 Å². The van der Waals surface area contributed by atoms with Crippen molar-refractivity contribution < 1.29 is 9.53 Å². The van der Waals surface area contributed by atoms with E-state index in [4.69, 9.17) is 10.5 Å². The Labute approximate surface area is 144 Å². The van der Waals surface area contributed by atoms with Crippen LogP contribution in [0.5, 0.6) is 5.75 Å². The van der Waals surface area contributed by atoms with Gasteiger partial charge in [0.05, 0.1) is 6.61 Å².